The maximum atomic E-state index is 5.87. The number of rotatable bonds is 4. The predicted octanol–water partition coefficient (Wildman–Crippen LogP) is 1.85. The molecule has 1 aromatic rings. The number of hydrogen-bond donors (Lipinski definition) is 1. The number of nitrogens with one attached hydrogen (secondary N) is 1. The normalized spacial score (nSPS) is 18.6. The summed E-state index contributed by atoms with van der Waals surface area (Å²) in [6.45, 7) is 0.946. The summed E-state index contributed by atoms with van der Waals surface area (Å²) in [5.74, 6) is 1.68. The summed E-state index contributed by atoms with van der Waals surface area (Å²) in [5.41, 5.74) is 0.355. The SMILES string of the molecule is Cn1ccnc1NCC1(CCl)CC1. The van der Waals surface area contributed by atoms with E-state index in [9.17, 15) is 0 Å². The van der Waals surface area contributed by atoms with Crippen molar-refractivity contribution in [2.75, 3.05) is 17.7 Å². The molecule has 0 saturated heterocycles. The maximum absolute atomic E-state index is 5.87. The van der Waals surface area contributed by atoms with E-state index >= 15 is 0 Å². The molecule has 0 aliphatic heterocycles. The Hall–Kier alpha value is -0.700. The summed E-state index contributed by atoms with van der Waals surface area (Å²) in [5, 5.41) is 3.31. The first-order valence-electron chi connectivity index (χ1n) is 4.53. The van der Waals surface area contributed by atoms with E-state index < -0.39 is 0 Å². The van der Waals surface area contributed by atoms with Crippen molar-refractivity contribution in [1.29, 1.82) is 0 Å². The fourth-order valence-electron chi connectivity index (χ4n) is 1.34. The highest BCUT2D eigenvalue weighted by atomic mass is 35.5. The lowest BCUT2D eigenvalue weighted by molar-refractivity contribution is 0.613. The first kappa shape index (κ1) is 8.88. The molecule has 1 N–H and O–H groups in total. The highest BCUT2D eigenvalue weighted by Crippen LogP contribution is 2.46. The van der Waals surface area contributed by atoms with Crippen LogP contribution in [0, 0.1) is 5.41 Å². The van der Waals surface area contributed by atoms with Crippen LogP contribution < -0.4 is 5.32 Å². The Morgan fingerprint density at radius 1 is 1.69 bits per heavy atom. The second-order valence-electron chi connectivity index (χ2n) is 3.85. The summed E-state index contributed by atoms with van der Waals surface area (Å²) >= 11 is 5.87. The molecule has 1 heterocycles. The molecule has 1 saturated carbocycles. The third-order valence-electron chi connectivity index (χ3n) is 2.68. The van der Waals surface area contributed by atoms with Gasteiger partial charge in [0.25, 0.3) is 0 Å². The maximum Gasteiger partial charge on any atom is 0.202 e. The molecule has 72 valence electrons. The minimum atomic E-state index is 0.355. The van der Waals surface area contributed by atoms with E-state index in [0.717, 1.165) is 18.4 Å². The number of nitrogens with zero attached hydrogens (tertiary/aromatic N) is 2. The van der Waals surface area contributed by atoms with Crippen LogP contribution in [0.5, 0.6) is 0 Å². The standard InChI is InChI=1S/C9H14ClN3/c1-13-5-4-11-8(13)12-7-9(6-10)2-3-9/h4-5H,2-3,6-7H2,1H3,(H,11,12). The van der Waals surface area contributed by atoms with Crippen molar-refractivity contribution in [2.24, 2.45) is 12.5 Å². The van der Waals surface area contributed by atoms with E-state index in [-0.39, 0.29) is 0 Å². The molecular weight excluding hydrogens is 186 g/mol. The molecule has 0 unspecified atom stereocenters. The van der Waals surface area contributed by atoms with Gasteiger partial charge in [0.2, 0.25) is 5.95 Å². The van der Waals surface area contributed by atoms with Gasteiger partial charge >= 0.3 is 0 Å². The number of aryl methyl sites for hydroxylation is 1. The van der Waals surface area contributed by atoms with E-state index in [1.807, 2.05) is 17.8 Å². The van der Waals surface area contributed by atoms with Gasteiger partial charge in [-0.05, 0) is 12.8 Å². The van der Waals surface area contributed by atoms with E-state index in [2.05, 4.69) is 10.3 Å². The molecule has 0 bridgehead atoms. The number of imidazole rings is 1. The highest BCUT2D eigenvalue weighted by molar-refractivity contribution is 6.18. The molecule has 0 aromatic carbocycles. The fraction of sp³-hybridized carbons (Fsp3) is 0.667. The number of aromatic nitrogens is 2. The lowest BCUT2D eigenvalue weighted by Crippen LogP contribution is -2.18. The smallest absolute Gasteiger partial charge is 0.202 e. The Labute approximate surface area is 83.1 Å². The van der Waals surface area contributed by atoms with E-state index in [0.29, 0.717) is 5.41 Å². The van der Waals surface area contributed by atoms with Gasteiger partial charge < -0.3 is 9.88 Å². The Balaban J connectivity index is 1.90. The number of halogens is 1. The van der Waals surface area contributed by atoms with Crippen molar-refractivity contribution in [3.63, 3.8) is 0 Å². The van der Waals surface area contributed by atoms with E-state index in [4.69, 9.17) is 11.6 Å². The third-order valence-corrected chi connectivity index (χ3v) is 3.25. The molecule has 1 aliphatic carbocycles. The van der Waals surface area contributed by atoms with Crippen LogP contribution in [0.2, 0.25) is 0 Å². The molecule has 1 aliphatic rings. The predicted molar refractivity (Wildman–Crippen MR) is 54.1 cm³/mol. The third kappa shape index (κ3) is 1.80. The Morgan fingerprint density at radius 2 is 2.46 bits per heavy atom. The summed E-state index contributed by atoms with van der Waals surface area (Å²) in [7, 11) is 1.98. The fourth-order valence-corrected chi connectivity index (χ4v) is 1.70. The van der Waals surface area contributed by atoms with Crippen molar-refractivity contribution >= 4 is 17.5 Å². The van der Waals surface area contributed by atoms with Gasteiger partial charge in [0.1, 0.15) is 0 Å². The molecule has 0 atom stereocenters. The number of anilines is 1. The van der Waals surface area contributed by atoms with Gasteiger partial charge in [0.15, 0.2) is 0 Å². The van der Waals surface area contributed by atoms with Crippen LogP contribution >= 0.6 is 11.6 Å². The van der Waals surface area contributed by atoms with E-state index in [1.54, 1.807) is 6.20 Å². The van der Waals surface area contributed by atoms with Crippen LogP contribution in [0.3, 0.4) is 0 Å². The van der Waals surface area contributed by atoms with Gasteiger partial charge in [-0.15, -0.1) is 11.6 Å². The van der Waals surface area contributed by atoms with Gasteiger partial charge in [-0.1, -0.05) is 0 Å². The van der Waals surface area contributed by atoms with Crippen molar-refractivity contribution < 1.29 is 0 Å². The summed E-state index contributed by atoms with van der Waals surface area (Å²) in [4.78, 5) is 4.19. The van der Waals surface area contributed by atoms with Gasteiger partial charge in [-0.2, -0.15) is 0 Å². The molecule has 13 heavy (non-hydrogen) atoms. The van der Waals surface area contributed by atoms with Gasteiger partial charge in [0, 0.05) is 37.3 Å². The topological polar surface area (TPSA) is 29.9 Å². The zero-order chi connectivity index (χ0) is 9.31. The quantitative estimate of drug-likeness (QED) is 0.751. The van der Waals surface area contributed by atoms with Crippen LogP contribution in [0.15, 0.2) is 12.4 Å². The molecule has 0 amide bonds. The molecular formula is C9H14ClN3. The average Bonchev–Trinajstić information content (AvgIpc) is 2.82. The van der Waals surface area contributed by atoms with Gasteiger partial charge in [-0.25, -0.2) is 4.98 Å². The van der Waals surface area contributed by atoms with Crippen molar-refractivity contribution in [3.8, 4) is 0 Å². The molecule has 2 rings (SSSR count). The Bertz CT molecular complexity index is 291. The average molecular weight is 200 g/mol. The van der Waals surface area contributed by atoms with Crippen molar-refractivity contribution in [3.05, 3.63) is 12.4 Å². The molecule has 1 fully saturated rings. The Morgan fingerprint density at radius 3 is 2.92 bits per heavy atom. The zero-order valence-electron chi connectivity index (χ0n) is 7.76. The van der Waals surface area contributed by atoms with Crippen LogP contribution in [0.1, 0.15) is 12.8 Å². The largest absolute Gasteiger partial charge is 0.355 e. The van der Waals surface area contributed by atoms with Crippen molar-refractivity contribution in [2.45, 2.75) is 12.8 Å². The van der Waals surface area contributed by atoms with Crippen LogP contribution in [0.4, 0.5) is 5.95 Å². The van der Waals surface area contributed by atoms with Gasteiger partial charge in [-0.3, -0.25) is 0 Å². The van der Waals surface area contributed by atoms with Crippen LogP contribution in [0.25, 0.3) is 0 Å². The first-order valence-corrected chi connectivity index (χ1v) is 5.06. The number of alkyl halides is 1. The molecule has 0 radical (unpaired) electrons. The Kier molecular flexibility index (Phi) is 2.20. The zero-order valence-corrected chi connectivity index (χ0v) is 8.51. The van der Waals surface area contributed by atoms with Crippen molar-refractivity contribution in [1.82, 2.24) is 9.55 Å². The van der Waals surface area contributed by atoms with E-state index in [1.165, 1.54) is 12.8 Å². The molecule has 4 heteroatoms. The summed E-state index contributed by atoms with van der Waals surface area (Å²) < 4.78 is 1.98. The lowest BCUT2D eigenvalue weighted by atomic mass is 10.1. The number of hydrogen-bond acceptors (Lipinski definition) is 2. The summed E-state index contributed by atoms with van der Waals surface area (Å²) in [6, 6.07) is 0. The second kappa shape index (κ2) is 3.22. The van der Waals surface area contributed by atoms with Crippen LogP contribution in [-0.4, -0.2) is 22.0 Å². The summed E-state index contributed by atoms with van der Waals surface area (Å²) in [6.07, 6.45) is 6.22. The monoisotopic (exact) mass is 199 g/mol. The lowest BCUT2D eigenvalue weighted by Gasteiger charge is -2.12. The first-order chi connectivity index (χ1) is 6.26. The molecule has 1 aromatic heterocycles. The molecule has 0 spiro atoms. The highest BCUT2D eigenvalue weighted by Gasteiger charge is 2.41. The minimum absolute atomic E-state index is 0.355. The molecule has 3 nitrogen and oxygen atoms in total. The van der Waals surface area contributed by atoms with Gasteiger partial charge in [0.05, 0.1) is 0 Å². The minimum Gasteiger partial charge on any atom is -0.355 e. The van der Waals surface area contributed by atoms with Crippen LogP contribution in [-0.2, 0) is 7.05 Å². The second-order valence-corrected chi connectivity index (χ2v) is 4.12.